The van der Waals surface area contributed by atoms with Crippen molar-refractivity contribution < 1.29 is 10.0 Å². The lowest BCUT2D eigenvalue weighted by Crippen LogP contribution is -2.08. The van der Waals surface area contributed by atoms with Crippen LogP contribution in [0.25, 0.3) is 5.76 Å². The number of nitriles is 1. The molecule has 1 N–H and O–H groups in total. The van der Waals surface area contributed by atoms with Crippen LogP contribution in [0.15, 0.2) is 17.7 Å². The smallest absolute Gasteiger partial charge is 0.281 e. The first-order chi connectivity index (χ1) is 9.56. The van der Waals surface area contributed by atoms with E-state index in [-0.39, 0.29) is 33.0 Å². The Hall–Kier alpha value is -2.06. The van der Waals surface area contributed by atoms with Crippen molar-refractivity contribution >= 4 is 23.0 Å². The Morgan fingerprint density at radius 1 is 1.48 bits per heavy atom. The molecule has 1 aromatic carbocycles. The molecule has 0 saturated heterocycles. The molecule has 1 rings (SSSR count). The molecule has 0 atom stereocenters. The summed E-state index contributed by atoms with van der Waals surface area (Å²) in [5.74, 6) is -0.362. The molecule has 6 heteroatoms. The molecule has 0 unspecified atom stereocenters. The number of benzene rings is 1. The maximum Gasteiger partial charge on any atom is 0.281 e. The fourth-order valence-electron chi connectivity index (χ4n) is 1.88. The molecule has 112 valence electrons. The zero-order valence-corrected chi connectivity index (χ0v) is 13.2. The van der Waals surface area contributed by atoms with Gasteiger partial charge in [-0.1, -0.05) is 32.4 Å². The summed E-state index contributed by atoms with van der Waals surface area (Å²) < 4.78 is 0. The van der Waals surface area contributed by atoms with Crippen molar-refractivity contribution in [2.24, 2.45) is 5.41 Å². The molecular weight excluding hydrogens is 292 g/mol. The largest absolute Gasteiger partial charge is 0.506 e. The van der Waals surface area contributed by atoms with E-state index in [9.17, 15) is 20.5 Å². The van der Waals surface area contributed by atoms with E-state index in [1.165, 1.54) is 12.1 Å². The first-order valence-corrected chi connectivity index (χ1v) is 6.71. The van der Waals surface area contributed by atoms with Gasteiger partial charge in [0.05, 0.1) is 27.2 Å². The van der Waals surface area contributed by atoms with Gasteiger partial charge in [0.15, 0.2) is 0 Å². The number of nitro groups is 1. The predicted molar refractivity (Wildman–Crippen MR) is 82.1 cm³/mol. The van der Waals surface area contributed by atoms with Gasteiger partial charge in [0, 0.05) is 6.07 Å². The van der Waals surface area contributed by atoms with Crippen LogP contribution in [0.2, 0.25) is 5.02 Å². The summed E-state index contributed by atoms with van der Waals surface area (Å²) in [4.78, 5) is 10.5. The SMILES string of the molecule is Cc1cc(C(O)=C(C#N)CC(C)(C)C)c([N+](=O)[O-])cc1Cl. The van der Waals surface area contributed by atoms with Crippen LogP contribution in [0.4, 0.5) is 5.69 Å². The fraction of sp³-hybridized carbons (Fsp3) is 0.400. The van der Waals surface area contributed by atoms with E-state index < -0.39 is 4.92 Å². The van der Waals surface area contributed by atoms with Gasteiger partial charge in [-0.15, -0.1) is 0 Å². The fourth-order valence-corrected chi connectivity index (χ4v) is 2.04. The summed E-state index contributed by atoms with van der Waals surface area (Å²) in [6, 6.07) is 4.55. The molecule has 21 heavy (non-hydrogen) atoms. The van der Waals surface area contributed by atoms with E-state index in [1.807, 2.05) is 26.8 Å². The summed E-state index contributed by atoms with van der Waals surface area (Å²) in [7, 11) is 0. The minimum absolute atomic E-state index is 0.0164. The molecule has 0 radical (unpaired) electrons. The van der Waals surface area contributed by atoms with Gasteiger partial charge in [-0.3, -0.25) is 10.1 Å². The summed E-state index contributed by atoms with van der Waals surface area (Å²) in [6.45, 7) is 7.43. The third-order valence-electron chi connectivity index (χ3n) is 2.86. The Labute approximate surface area is 128 Å². The zero-order valence-electron chi connectivity index (χ0n) is 12.4. The molecule has 0 aliphatic rings. The van der Waals surface area contributed by atoms with Crippen molar-refractivity contribution in [3.8, 4) is 6.07 Å². The van der Waals surface area contributed by atoms with E-state index >= 15 is 0 Å². The van der Waals surface area contributed by atoms with Crippen molar-refractivity contribution in [3.05, 3.63) is 44.0 Å². The molecule has 0 spiro atoms. The van der Waals surface area contributed by atoms with Crippen LogP contribution in [0, 0.1) is 33.8 Å². The Kier molecular flexibility index (Phi) is 4.97. The minimum Gasteiger partial charge on any atom is -0.506 e. The molecule has 0 aliphatic heterocycles. The monoisotopic (exact) mass is 308 g/mol. The number of hydrogen-bond acceptors (Lipinski definition) is 4. The second-order valence-corrected chi connectivity index (χ2v) is 6.46. The van der Waals surface area contributed by atoms with Crippen molar-refractivity contribution in [1.82, 2.24) is 0 Å². The van der Waals surface area contributed by atoms with E-state index in [0.717, 1.165) is 0 Å². The Morgan fingerprint density at radius 3 is 2.48 bits per heavy atom. The highest BCUT2D eigenvalue weighted by molar-refractivity contribution is 6.31. The van der Waals surface area contributed by atoms with E-state index in [1.54, 1.807) is 6.92 Å². The average Bonchev–Trinajstić information content (AvgIpc) is 2.36. The molecule has 0 amide bonds. The number of halogens is 1. The molecule has 0 fully saturated rings. The van der Waals surface area contributed by atoms with Crippen LogP contribution >= 0.6 is 11.6 Å². The van der Waals surface area contributed by atoms with Gasteiger partial charge in [-0.25, -0.2) is 0 Å². The van der Waals surface area contributed by atoms with Crippen LogP contribution in [0.5, 0.6) is 0 Å². The number of aliphatic hydroxyl groups is 1. The number of aryl methyl sites for hydroxylation is 1. The van der Waals surface area contributed by atoms with Crippen molar-refractivity contribution in [1.29, 1.82) is 5.26 Å². The lowest BCUT2D eigenvalue weighted by molar-refractivity contribution is -0.385. The molecule has 1 aromatic rings. The highest BCUT2D eigenvalue weighted by atomic mass is 35.5. The van der Waals surface area contributed by atoms with Crippen LogP contribution in [-0.4, -0.2) is 10.0 Å². The zero-order chi connectivity index (χ0) is 16.4. The van der Waals surface area contributed by atoms with Gasteiger partial charge < -0.3 is 5.11 Å². The third-order valence-corrected chi connectivity index (χ3v) is 3.26. The molecular formula is C15H17ClN2O3. The van der Waals surface area contributed by atoms with Crippen LogP contribution in [0.1, 0.15) is 38.3 Å². The summed E-state index contributed by atoms with van der Waals surface area (Å²) in [5.41, 5.74) is 0.187. The van der Waals surface area contributed by atoms with Crippen LogP contribution in [0.3, 0.4) is 0 Å². The number of nitro benzene ring substituents is 1. The van der Waals surface area contributed by atoms with Gasteiger partial charge in [-0.05, 0) is 30.4 Å². The first-order valence-electron chi connectivity index (χ1n) is 6.34. The summed E-state index contributed by atoms with van der Waals surface area (Å²) in [6.07, 6.45) is 0.314. The maximum absolute atomic E-state index is 11.1. The van der Waals surface area contributed by atoms with Gasteiger partial charge >= 0.3 is 0 Å². The normalized spacial score (nSPS) is 12.6. The topological polar surface area (TPSA) is 87.2 Å². The lowest BCUT2D eigenvalue weighted by atomic mass is 9.87. The van der Waals surface area contributed by atoms with Gasteiger partial charge in [0.1, 0.15) is 5.76 Å². The lowest BCUT2D eigenvalue weighted by Gasteiger charge is -2.18. The summed E-state index contributed by atoms with van der Waals surface area (Å²) in [5, 5.41) is 30.9. The molecule has 0 heterocycles. The quantitative estimate of drug-likeness (QED) is 0.376. The standard InChI is InChI=1S/C15H17ClN2O3/c1-9-5-11(13(18(20)21)6-12(9)16)14(19)10(8-17)7-15(2,3)4/h5-6,19H,7H2,1-4H3. The molecule has 0 aliphatic carbocycles. The predicted octanol–water partition coefficient (Wildman–Crippen LogP) is 4.79. The maximum atomic E-state index is 11.1. The number of aliphatic hydroxyl groups excluding tert-OH is 1. The van der Waals surface area contributed by atoms with E-state index in [2.05, 4.69) is 0 Å². The van der Waals surface area contributed by atoms with Gasteiger partial charge in [0.2, 0.25) is 0 Å². The van der Waals surface area contributed by atoms with Crippen molar-refractivity contribution in [3.63, 3.8) is 0 Å². The Balaban J connectivity index is 3.54. The number of allylic oxidation sites excluding steroid dienone is 1. The second-order valence-electron chi connectivity index (χ2n) is 6.05. The Morgan fingerprint density at radius 2 is 2.05 bits per heavy atom. The Bertz CT molecular complexity index is 652. The first kappa shape index (κ1) is 17.0. The van der Waals surface area contributed by atoms with E-state index in [4.69, 9.17) is 11.6 Å². The molecule has 0 bridgehead atoms. The average molecular weight is 309 g/mol. The molecule has 5 nitrogen and oxygen atoms in total. The van der Waals surface area contributed by atoms with E-state index in [0.29, 0.717) is 12.0 Å². The number of nitrogens with zero attached hydrogens (tertiary/aromatic N) is 2. The highest BCUT2D eigenvalue weighted by Gasteiger charge is 2.24. The molecule has 0 aromatic heterocycles. The van der Waals surface area contributed by atoms with Gasteiger partial charge in [0.25, 0.3) is 5.69 Å². The van der Waals surface area contributed by atoms with Gasteiger partial charge in [-0.2, -0.15) is 5.26 Å². The van der Waals surface area contributed by atoms with Crippen molar-refractivity contribution in [2.75, 3.05) is 0 Å². The highest BCUT2D eigenvalue weighted by Crippen LogP contribution is 2.34. The van der Waals surface area contributed by atoms with Crippen LogP contribution < -0.4 is 0 Å². The van der Waals surface area contributed by atoms with Crippen LogP contribution in [-0.2, 0) is 0 Å². The third kappa shape index (κ3) is 4.20. The number of hydrogen-bond donors (Lipinski definition) is 1. The minimum atomic E-state index is -0.622. The molecule has 0 saturated carbocycles. The van der Waals surface area contributed by atoms with Crippen molar-refractivity contribution in [2.45, 2.75) is 34.1 Å². The number of rotatable bonds is 3. The summed E-state index contributed by atoms with van der Waals surface area (Å²) >= 11 is 5.89. The second kappa shape index (κ2) is 6.15.